The number of nitrogens with one attached hydrogen (secondary N) is 1. The fourth-order valence-corrected chi connectivity index (χ4v) is 2.89. The first-order valence-corrected chi connectivity index (χ1v) is 7.08. The van der Waals surface area contributed by atoms with Crippen LogP contribution in [0, 0.1) is 0 Å². The van der Waals surface area contributed by atoms with Gasteiger partial charge in [-0.1, -0.05) is 13.8 Å². The Bertz CT molecular complexity index is 335. The van der Waals surface area contributed by atoms with Crippen molar-refractivity contribution in [1.29, 1.82) is 0 Å². The first-order chi connectivity index (χ1) is 7.75. The molecule has 0 aliphatic carbocycles. The van der Waals surface area contributed by atoms with Crippen molar-refractivity contribution in [1.82, 2.24) is 9.97 Å². The number of thioether (sulfide) groups is 1. The van der Waals surface area contributed by atoms with E-state index in [4.69, 9.17) is 0 Å². The zero-order valence-corrected chi connectivity index (χ0v) is 10.8. The van der Waals surface area contributed by atoms with Crippen LogP contribution in [0.5, 0.6) is 0 Å². The summed E-state index contributed by atoms with van der Waals surface area (Å²) < 4.78 is 0. The molecule has 1 aliphatic rings. The van der Waals surface area contributed by atoms with E-state index in [-0.39, 0.29) is 0 Å². The van der Waals surface area contributed by atoms with Gasteiger partial charge in [-0.15, -0.1) is 0 Å². The molecule has 0 radical (unpaired) electrons. The topological polar surface area (TPSA) is 37.8 Å². The summed E-state index contributed by atoms with van der Waals surface area (Å²) in [5.74, 6) is 4.83. The number of hydrogen-bond acceptors (Lipinski definition) is 4. The molecule has 0 amide bonds. The van der Waals surface area contributed by atoms with Crippen LogP contribution in [0.15, 0.2) is 12.3 Å². The van der Waals surface area contributed by atoms with Crippen molar-refractivity contribution in [2.24, 2.45) is 0 Å². The summed E-state index contributed by atoms with van der Waals surface area (Å²) in [6.07, 6.45) is 4.33. The summed E-state index contributed by atoms with van der Waals surface area (Å²) in [6.45, 7) is 4.24. The molecule has 0 saturated carbocycles. The van der Waals surface area contributed by atoms with Crippen LogP contribution >= 0.6 is 11.8 Å². The molecule has 0 unspecified atom stereocenters. The summed E-state index contributed by atoms with van der Waals surface area (Å²) in [7, 11) is 0. The van der Waals surface area contributed by atoms with Crippen LogP contribution in [-0.4, -0.2) is 27.5 Å². The van der Waals surface area contributed by atoms with Gasteiger partial charge in [0, 0.05) is 18.2 Å². The highest BCUT2D eigenvalue weighted by atomic mass is 32.2. The third kappa shape index (κ3) is 3.11. The Morgan fingerprint density at radius 1 is 1.38 bits per heavy atom. The van der Waals surface area contributed by atoms with E-state index in [0.29, 0.717) is 12.0 Å². The summed E-state index contributed by atoms with van der Waals surface area (Å²) in [5.41, 5.74) is 0. The van der Waals surface area contributed by atoms with E-state index in [1.54, 1.807) is 0 Å². The maximum absolute atomic E-state index is 4.54. The van der Waals surface area contributed by atoms with Crippen molar-refractivity contribution in [2.75, 3.05) is 16.8 Å². The molecule has 3 nitrogen and oxygen atoms in total. The standard InChI is InChI=1S/C12H19N3S/c1-9(2)12-13-6-3-11(15-12)14-10-4-7-16-8-5-10/h3,6,9-10H,4-5,7-8H2,1-2H3,(H,13,14,15). The molecular formula is C12H19N3S. The Hall–Kier alpha value is -0.770. The maximum Gasteiger partial charge on any atom is 0.133 e. The van der Waals surface area contributed by atoms with E-state index >= 15 is 0 Å². The van der Waals surface area contributed by atoms with Crippen molar-refractivity contribution < 1.29 is 0 Å². The normalized spacial score (nSPS) is 17.7. The maximum atomic E-state index is 4.54. The molecule has 1 N–H and O–H groups in total. The Balaban J connectivity index is 2.00. The number of rotatable bonds is 3. The van der Waals surface area contributed by atoms with Crippen LogP contribution in [0.25, 0.3) is 0 Å². The fourth-order valence-electron chi connectivity index (χ4n) is 1.78. The molecule has 1 saturated heterocycles. The van der Waals surface area contributed by atoms with Crippen LogP contribution < -0.4 is 5.32 Å². The van der Waals surface area contributed by atoms with E-state index in [1.807, 2.05) is 24.0 Å². The minimum atomic E-state index is 0.392. The predicted molar refractivity (Wildman–Crippen MR) is 70.1 cm³/mol. The minimum Gasteiger partial charge on any atom is -0.367 e. The fraction of sp³-hybridized carbons (Fsp3) is 0.667. The van der Waals surface area contributed by atoms with Gasteiger partial charge < -0.3 is 5.32 Å². The molecule has 0 atom stereocenters. The molecule has 1 aromatic heterocycles. The van der Waals surface area contributed by atoms with Crippen molar-refractivity contribution in [3.8, 4) is 0 Å². The predicted octanol–water partition coefficient (Wildman–Crippen LogP) is 2.91. The molecule has 88 valence electrons. The van der Waals surface area contributed by atoms with Gasteiger partial charge >= 0.3 is 0 Å². The van der Waals surface area contributed by atoms with Crippen molar-refractivity contribution in [2.45, 2.75) is 38.6 Å². The SMILES string of the molecule is CC(C)c1nccc(NC2CCSCC2)n1. The average Bonchev–Trinajstić information content (AvgIpc) is 2.30. The quantitative estimate of drug-likeness (QED) is 0.877. The highest BCUT2D eigenvalue weighted by Gasteiger charge is 2.14. The third-order valence-electron chi connectivity index (χ3n) is 2.76. The molecule has 1 fully saturated rings. The number of aromatic nitrogens is 2. The number of nitrogens with zero attached hydrogens (tertiary/aromatic N) is 2. The lowest BCUT2D eigenvalue weighted by atomic mass is 10.1. The second kappa shape index (κ2) is 5.53. The largest absolute Gasteiger partial charge is 0.367 e. The van der Waals surface area contributed by atoms with Crippen LogP contribution in [0.3, 0.4) is 0 Å². The zero-order valence-electron chi connectivity index (χ0n) is 9.94. The second-order valence-corrected chi connectivity index (χ2v) is 5.71. The van der Waals surface area contributed by atoms with Crippen molar-refractivity contribution in [3.05, 3.63) is 18.1 Å². The lowest BCUT2D eigenvalue weighted by Crippen LogP contribution is -2.25. The second-order valence-electron chi connectivity index (χ2n) is 4.49. The lowest BCUT2D eigenvalue weighted by Gasteiger charge is -2.23. The first-order valence-electron chi connectivity index (χ1n) is 5.93. The monoisotopic (exact) mass is 237 g/mol. The minimum absolute atomic E-state index is 0.392. The van der Waals surface area contributed by atoms with Crippen molar-refractivity contribution in [3.63, 3.8) is 0 Å². The van der Waals surface area contributed by atoms with E-state index in [2.05, 4.69) is 29.1 Å². The van der Waals surface area contributed by atoms with Gasteiger partial charge in [0.05, 0.1) is 0 Å². The average molecular weight is 237 g/mol. The van der Waals surface area contributed by atoms with Crippen LogP contribution in [-0.2, 0) is 0 Å². The molecule has 2 rings (SSSR count). The summed E-state index contributed by atoms with van der Waals surface area (Å²) in [5, 5.41) is 3.51. The van der Waals surface area contributed by atoms with Gasteiger partial charge in [0.25, 0.3) is 0 Å². The number of hydrogen-bond donors (Lipinski definition) is 1. The van der Waals surface area contributed by atoms with Gasteiger partial charge in [-0.05, 0) is 30.4 Å². The Morgan fingerprint density at radius 2 is 2.12 bits per heavy atom. The van der Waals surface area contributed by atoms with Crippen molar-refractivity contribution >= 4 is 17.6 Å². The van der Waals surface area contributed by atoms with Gasteiger partial charge in [-0.3, -0.25) is 0 Å². The van der Waals surface area contributed by atoms with Crippen LogP contribution in [0.4, 0.5) is 5.82 Å². The molecule has 0 aromatic carbocycles. The van der Waals surface area contributed by atoms with E-state index in [0.717, 1.165) is 11.6 Å². The Kier molecular flexibility index (Phi) is 4.04. The number of anilines is 1. The van der Waals surface area contributed by atoms with Gasteiger partial charge in [-0.2, -0.15) is 11.8 Å². The Labute approximate surface area is 101 Å². The van der Waals surface area contributed by atoms with Crippen LogP contribution in [0.2, 0.25) is 0 Å². The molecule has 4 heteroatoms. The van der Waals surface area contributed by atoms with E-state index < -0.39 is 0 Å². The molecular weight excluding hydrogens is 218 g/mol. The molecule has 2 heterocycles. The molecule has 0 spiro atoms. The third-order valence-corrected chi connectivity index (χ3v) is 3.81. The smallest absolute Gasteiger partial charge is 0.133 e. The molecule has 1 aliphatic heterocycles. The zero-order chi connectivity index (χ0) is 11.4. The molecule has 16 heavy (non-hydrogen) atoms. The van der Waals surface area contributed by atoms with E-state index in [1.165, 1.54) is 24.3 Å². The molecule has 1 aromatic rings. The molecule has 0 bridgehead atoms. The van der Waals surface area contributed by atoms with Gasteiger partial charge in [0.1, 0.15) is 11.6 Å². The first kappa shape index (κ1) is 11.7. The summed E-state index contributed by atoms with van der Waals surface area (Å²) >= 11 is 2.04. The lowest BCUT2D eigenvalue weighted by molar-refractivity contribution is 0.660. The van der Waals surface area contributed by atoms with Gasteiger partial charge in [0.15, 0.2) is 0 Å². The van der Waals surface area contributed by atoms with Crippen LogP contribution in [0.1, 0.15) is 38.4 Å². The highest BCUT2D eigenvalue weighted by molar-refractivity contribution is 7.99. The van der Waals surface area contributed by atoms with Gasteiger partial charge in [-0.25, -0.2) is 9.97 Å². The summed E-state index contributed by atoms with van der Waals surface area (Å²) in [6, 6.07) is 2.56. The van der Waals surface area contributed by atoms with Gasteiger partial charge in [0.2, 0.25) is 0 Å². The van der Waals surface area contributed by atoms with E-state index in [9.17, 15) is 0 Å². The Morgan fingerprint density at radius 3 is 2.81 bits per heavy atom. The highest BCUT2D eigenvalue weighted by Crippen LogP contribution is 2.20. The summed E-state index contributed by atoms with van der Waals surface area (Å²) in [4.78, 5) is 8.81.